The number of carbonyl (C=O) groups excluding carboxylic acids is 1. The van der Waals surface area contributed by atoms with Crippen LogP contribution in [0.15, 0.2) is 42.9 Å². The van der Waals surface area contributed by atoms with Crippen LogP contribution >= 0.6 is 0 Å². The van der Waals surface area contributed by atoms with Crippen LogP contribution in [-0.4, -0.2) is 40.5 Å². The third-order valence-corrected chi connectivity index (χ3v) is 4.89. The second kappa shape index (κ2) is 7.56. The van der Waals surface area contributed by atoms with Crippen LogP contribution in [0.25, 0.3) is 10.9 Å². The molecule has 1 aromatic carbocycles. The molecule has 6 nitrogen and oxygen atoms in total. The molecule has 0 radical (unpaired) electrons. The quantitative estimate of drug-likeness (QED) is 0.743. The van der Waals surface area contributed by atoms with Gasteiger partial charge in [-0.15, -0.1) is 0 Å². The van der Waals surface area contributed by atoms with E-state index in [9.17, 15) is 4.79 Å². The summed E-state index contributed by atoms with van der Waals surface area (Å²) in [7, 11) is 0. The molecule has 3 heterocycles. The minimum absolute atomic E-state index is 0.130. The summed E-state index contributed by atoms with van der Waals surface area (Å²) in [5, 5.41) is 4.16. The number of hydrogen-bond acceptors (Lipinski definition) is 4. The van der Waals surface area contributed by atoms with Crippen LogP contribution in [0.2, 0.25) is 0 Å². The average Bonchev–Trinajstić information content (AvgIpc) is 3.12. The second-order valence-corrected chi connectivity index (χ2v) is 6.68. The maximum absolute atomic E-state index is 12.3. The van der Waals surface area contributed by atoms with E-state index in [2.05, 4.69) is 37.3 Å². The summed E-state index contributed by atoms with van der Waals surface area (Å²) in [6, 6.07) is 8.19. The van der Waals surface area contributed by atoms with Crippen LogP contribution < -0.4 is 10.2 Å². The standard InChI is InChI=1S/C20H23N5O/c26-19(16-13-23-20(24-14-16)25-10-4-1-5-11-25)21-9-8-15-12-22-18-7-3-2-6-17(15)18/h2-3,6-7,12-14,22H,1,4-5,8-11H2,(H,21,26). The first-order chi connectivity index (χ1) is 12.8. The van der Waals surface area contributed by atoms with Crippen molar-refractivity contribution < 1.29 is 4.79 Å². The monoisotopic (exact) mass is 349 g/mol. The molecule has 1 amide bonds. The number of hydrogen-bond donors (Lipinski definition) is 2. The Labute approximate surface area is 152 Å². The lowest BCUT2D eigenvalue weighted by Gasteiger charge is -2.26. The molecular formula is C20H23N5O. The van der Waals surface area contributed by atoms with E-state index >= 15 is 0 Å². The first-order valence-electron chi connectivity index (χ1n) is 9.21. The van der Waals surface area contributed by atoms with Gasteiger partial charge in [0.25, 0.3) is 5.91 Å². The Morgan fingerprint density at radius 3 is 2.69 bits per heavy atom. The Balaban J connectivity index is 1.33. The number of amides is 1. The molecule has 2 aromatic heterocycles. The number of benzene rings is 1. The second-order valence-electron chi connectivity index (χ2n) is 6.68. The maximum Gasteiger partial charge on any atom is 0.254 e. The van der Waals surface area contributed by atoms with Crippen molar-refractivity contribution in [3.05, 3.63) is 54.0 Å². The van der Waals surface area contributed by atoms with Gasteiger partial charge in [-0.05, 0) is 37.3 Å². The summed E-state index contributed by atoms with van der Waals surface area (Å²) in [6.45, 7) is 2.57. The van der Waals surface area contributed by atoms with Crippen LogP contribution in [0.3, 0.4) is 0 Å². The number of carbonyl (C=O) groups is 1. The third kappa shape index (κ3) is 3.54. The van der Waals surface area contributed by atoms with Gasteiger partial charge in [0.15, 0.2) is 0 Å². The van der Waals surface area contributed by atoms with Crippen LogP contribution in [0.1, 0.15) is 35.2 Å². The summed E-state index contributed by atoms with van der Waals surface area (Å²) in [5.41, 5.74) is 2.83. The number of rotatable bonds is 5. The first kappa shape index (κ1) is 16.6. The molecule has 6 heteroatoms. The molecule has 134 valence electrons. The Morgan fingerprint density at radius 1 is 1.12 bits per heavy atom. The SMILES string of the molecule is O=C(NCCc1c[nH]c2ccccc12)c1cnc(N2CCCCC2)nc1. The van der Waals surface area contributed by atoms with Gasteiger partial charge < -0.3 is 15.2 Å². The highest BCUT2D eigenvalue weighted by molar-refractivity contribution is 5.93. The fraction of sp³-hybridized carbons (Fsp3) is 0.350. The number of H-pyrrole nitrogens is 1. The van der Waals surface area contributed by atoms with Gasteiger partial charge in [0.05, 0.1) is 5.56 Å². The van der Waals surface area contributed by atoms with E-state index in [1.807, 2.05) is 18.3 Å². The highest BCUT2D eigenvalue weighted by Crippen LogP contribution is 2.18. The van der Waals surface area contributed by atoms with Crippen molar-refractivity contribution in [1.29, 1.82) is 0 Å². The summed E-state index contributed by atoms with van der Waals surface area (Å²) >= 11 is 0. The van der Waals surface area contributed by atoms with E-state index in [0.29, 0.717) is 12.1 Å². The molecule has 1 aliphatic rings. The van der Waals surface area contributed by atoms with Crippen LogP contribution in [-0.2, 0) is 6.42 Å². The number of nitrogens with zero attached hydrogens (tertiary/aromatic N) is 3. The van der Waals surface area contributed by atoms with Crippen molar-refractivity contribution in [3.8, 4) is 0 Å². The van der Waals surface area contributed by atoms with Crippen LogP contribution in [0, 0.1) is 0 Å². The Hall–Kier alpha value is -2.89. The number of anilines is 1. The van der Waals surface area contributed by atoms with Gasteiger partial charge in [0.2, 0.25) is 5.95 Å². The number of piperidine rings is 1. The lowest BCUT2D eigenvalue weighted by molar-refractivity contribution is 0.0953. The van der Waals surface area contributed by atoms with Crippen molar-refractivity contribution in [1.82, 2.24) is 20.3 Å². The number of nitrogens with one attached hydrogen (secondary N) is 2. The molecule has 1 aliphatic heterocycles. The van der Waals surface area contributed by atoms with Crippen LogP contribution in [0.5, 0.6) is 0 Å². The Morgan fingerprint density at radius 2 is 1.88 bits per heavy atom. The molecule has 3 aromatic rings. The Kier molecular flexibility index (Phi) is 4.82. The van der Waals surface area contributed by atoms with Crippen molar-refractivity contribution in [2.24, 2.45) is 0 Å². The summed E-state index contributed by atoms with van der Waals surface area (Å²) in [4.78, 5) is 26.5. The molecule has 0 atom stereocenters. The van der Waals surface area contributed by atoms with Crippen LogP contribution in [0.4, 0.5) is 5.95 Å². The van der Waals surface area contributed by atoms with E-state index < -0.39 is 0 Å². The van der Waals surface area contributed by atoms with E-state index in [-0.39, 0.29) is 5.91 Å². The molecule has 1 fully saturated rings. The lowest BCUT2D eigenvalue weighted by atomic mass is 10.1. The van der Waals surface area contributed by atoms with E-state index in [4.69, 9.17) is 0 Å². The van der Waals surface area contributed by atoms with E-state index in [0.717, 1.165) is 31.0 Å². The number of aromatic nitrogens is 3. The first-order valence-corrected chi connectivity index (χ1v) is 9.21. The molecule has 0 unspecified atom stereocenters. The van der Waals surface area contributed by atoms with Crippen molar-refractivity contribution in [3.63, 3.8) is 0 Å². The predicted molar refractivity (Wildman–Crippen MR) is 102 cm³/mol. The third-order valence-electron chi connectivity index (χ3n) is 4.89. The van der Waals surface area contributed by atoms with Gasteiger partial charge >= 0.3 is 0 Å². The zero-order valence-corrected chi connectivity index (χ0v) is 14.7. The topological polar surface area (TPSA) is 73.9 Å². The van der Waals surface area contributed by atoms with Gasteiger partial charge in [0, 0.05) is 49.1 Å². The molecule has 0 spiro atoms. The minimum Gasteiger partial charge on any atom is -0.361 e. The number of fused-ring (bicyclic) bond motifs is 1. The summed E-state index contributed by atoms with van der Waals surface area (Å²) in [6.07, 6.45) is 9.66. The largest absolute Gasteiger partial charge is 0.361 e. The highest BCUT2D eigenvalue weighted by Gasteiger charge is 2.14. The van der Waals surface area contributed by atoms with Gasteiger partial charge in [-0.25, -0.2) is 9.97 Å². The number of aromatic amines is 1. The van der Waals surface area contributed by atoms with E-state index in [1.165, 1.54) is 30.2 Å². The van der Waals surface area contributed by atoms with E-state index in [1.54, 1.807) is 12.4 Å². The zero-order valence-electron chi connectivity index (χ0n) is 14.7. The fourth-order valence-electron chi connectivity index (χ4n) is 3.45. The summed E-state index contributed by atoms with van der Waals surface area (Å²) < 4.78 is 0. The van der Waals surface area contributed by atoms with Crippen molar-refractivity contribution >= 4 is 22.8 Å². The van der Waals surface area contributed by atoms with Crippen molar-refractivity contribution in [2.45, 2.75) is 25.7 Å². The molecule has 4 rings (SSSR count). The Bertz CT molecular complexity index is 881. The fourth-order valence-corrected chi connectivity index (χ4v) is 3.45. The molecule has 0 saturated carbocycles. The molecule has 26 heavy (non-hydrogen) atoms. The normalized spacial score (nSPS) is 14.5. The van der Waals surface area contributed by atoms with Crippen molar-refractivity contribution in [2.75, 3.05) is 24.5 Å². The summed E-state index contributed by atoms with van der Waals surface area (Å²) in [5.74, 6) is 0.593. The molecule has 1 saturated heterocycles. The predicted octanol–water partition coefficient (Wildman–Crippen LogP) is 2.92. The minimum atomic E-state index is -0.130. The zero-order chi connectivity index (χ0) is 17.8. The van der Waals surface area contributed by atoms with Gasteiger partial charge in [-0.3, -0.25) is 4.79 Å². The average molecular weight is 349 g/mol. The maximum atomic E-state index is 12.3. The van der Waals surface area contributed by atoms with Gasteiger partial charge in [-0.1, -0.05) is 18.2 Å². The molecule has 0 aliphatic carbocycles. The highest BCUT2D eigenvalue weighted by atomic mass is 16.1. The molecule has 0 bridgehead atoms. The molecular weight excluding hydrogens is 326 g/mol. The number of para-hydroxylation sites is 1. The van der Waals surface area contributed by atoms with Gasteiger partial charge in [0.1, 0.15) is 0 Å². The molecule has 2 N–H and O–H groups in total. The smallest absolute Gasteiger partial charge is 0.254 e. The lowest BCUT2D eigenvalue weighted by Crippen LogP contribution is -2.31. The van der Waals surface area contributed by atoms with Gasteiger partial charge in [-0.2, -0.15) is 0 Å².